The molecule has 0 fully saturated rings. The number of rotatable bonds is 7. The van der Waals surface area contributed by atoms with Gasteiger partial charge in [0.15, 0.2) is 0 Å². The second kappa shape index (κ2) is 8.36. The predicted octanol–water partition coefficient (Wildman–Crippen LogP) is 3.34. The number of hydrogen-bond acceptors (Lipinski definition) is 3. The van der Waals surface area contributed by atoms with E-state index in [1.807, 2.05) is 57.2 Å². The summed E-state index contributed by atoms with van der Waals surface area (Å²) in [7, 11) is -3.59. The average Bonchev–Trinajstić information content (AvgIpc) is 2.60. The molecule has 2 aromatic rings. The van der Waals surface area contributed by atoms with Crippen molar-refractivity contribution < 1.29 is 13.2 Å². The Bertz CT molecular complexity index is 864. The van der Waals surface area contributed by atoms with Gasteiger partial charge in [-0.2, -0.15) is 0 Å². The normalized spacial score (nSPS) is 12.5. The molecule has 0 aliphatic heterocycles. The Hall–Kier alpha value is -2.34. The van der Waals surface area contributed by atoms with E-state index < -0.39 is 10.0 Å². The summed E-state index contributed by atoms with van der Waals surface area (Å²) in [5, 5.41) is 2.94. The van der Waals surface area contributed by atoms with Crippen LogP contribution in [-0.4, -0.2) is 27.1 Å². The fourth-order valence-corrected chi connectivity index (χ4v) is 3.77. The molecule has 1 amide bonds. The van der Waals surface area contributed by atoms with Crippen molar-refractivity contribution in [1.29, 1.82) is 0 Å². The molecule has 0 spiro atoms. The van der Waals surface area contributed by atoms with Crippen molar-refractivity contribution in [2.75, 3.05) is 17.1 Å². The van der Waals surface area contributed by atoms with Crippen LogP contribution in [0.15, 0.2) is 48.5 Å². The number of carbonyl (C=O) groups excluding carboxylic acids is 1. The van der Waals surface area contributed by atoms with E-state index in [0.29, 0.717) is 5.69 Å². The molecule has 6 heteroatoms. The molecular weight excluding hydrogens is 348 g/mol. The van der Waals surface area contributed by atoms with Gasteiger partial charge in [0.05, 0.1) is 18.0 Å². The number of anilines is 1. The number of carbonyl (C=O) groups is 1. The smallest absolute Gasteiger partial charge is 0.241 e. The average molecular weight is 375 g/mol. The van der Waals surface area contributed by atoms with Crippen LogP contribution in [0.4, 0.5) is 5.69 Å². The zero-order valence-corrected chi connectivity index (χ0v) is 16.5. The molecule has 26 heavy (non-hydrogen) atoms. The van der Waals surface area contributed by atoms with Crippen molar-refractivity contribution in [3.05, 3.63) is 65.2 Å². The molecule has 0 aliphatic rings. The summed E-state index contributed by atoms with van der Waals surface area (Å²) < 4.78 is 25.8. The highest BCUT2D eigenvalue weighted by molar-refractivity contribution is 7.92. The first kappa shape index (κ1) is 20.0. The summed E-state index contributed by atoms with van der Waals surface area (Å²) in [5.41, 5.74) is 3.37. The minimum absolute atomic E-state index is 0.149. The van der Waals surface area contributed by atoms with Crippen LogP contribution in [0.25, 0.3) is 0 Å². The van der Waals surface area contributed by atoms with Crippen molar-refractivity contribution >= 4 is 21.6 Å². The van der Waals surface area contributed by atoms with Gasteiger partial charge in [0.25, 0.3) is 0 Å². The quantitative estimate of drug-likeness (QED) is 0.808. The van der Waals surface area contributed by atoms with Gasteiger partial charge in [-0.15, -0.1) is 0 Å². The topological polar surface area (TPSA) is 66.5 Å². The summed E-state index contributed by atoms with van der Waals surface area (Å²) in [4.78, 5) is 12.6. The molecule has 0 saturated carbocycles. The first-order valence-corrected chi connectivity index (χ1v) is 10.5. The van der Waals surface area contributed by atoms with E-state index >= 15 is 0 Å². The molecule has 0 radical (unpaired) electrons. The Labute approximate surface area is 156 Å². The zero-order chi connectivity index (χ0) is 19.3. The highest BCUT2D eigenvalue weighted by Crippen LogP contribution is 2.25. The van der Waals surface area contributed by atoms with E-state index in [9.17, 15) is 13.2 Å². The van der Waals surface area contributed by atoms with Gasteiger partial charge >= 0.3 is 0 Å². The minimum atomic E-state index is -3.59. The number of sulfonamides is 1. The van der Waals surface area contributed by atoms with E-state index in [4.69, 9.17) is 0 Å². The fourth-order valence-electron chi connectivity index (χ4n) is 2.86. The molecule has 0 unspecified atom stereocenters. The highest BCUT2D eigenvalue weighted by atomic mass is 32.2. The number of nitrogens with one attached hydrogen (secondary N) is 1. The molecule has 1 N–H and O–H groups in total. The van der Waals surface area contributed by atoms with Gasteiger partial charge in [-0.05, 0) is 43.0 Å². The van der Waals surface area contributed by atoms with E-state index in [-0.39, 0.29) is 18.5 Å². The molecule has 5 nitrogen and oxygen atoms in total. The number of benzene rings is 2. The summed E-state index contributed by atoms with van der Waals surface area (Å²) in [5.74, 6) is -0.327. The minimum Gasteiger partial charge on any atom is -0.348 e. The lowest BCUT2D eigenvalue weighted by Crippen LogP contribution is -2.41. The summed E-state index contributed by atoms with van der Waals surface area (Å²) in [6.45, 7) is 5.52. The Balaban J connectivity index is 2.24. The molecular formula is C20H26N2O3S. The lowest BCUT2D eigenvalue weighted by molar-refractivity contribution is -0.120. The number of aryl methyl sites for hydroxylation is 1. The number of amides is 1. The Kier molecular flexibility index (Phi) is 6.42. The Morgan fingerprint density at radius 3 is 2.31 bits per heavy atom. The van der Waals surface area contributed by atoms with Crippen molar-refractivity contribution in [2.45, 2.75) is 33.2 Å². The summed E-state index contributed by atoms with van der Waals surface area (Å²) in [6.07, 6.45) is 1.84. The Morgan fingerprint density at radius 1 is 1.08 bits per heavy atom. The molecule has 0 aromatic heterocycles. The van der Waals surface area contributed by atoms with Crippen LogP contribution < -0.4 is 9.62 Å². The van der Waals surface area contributed by atoms with Crippen LogP contribution in [0, 0.1) is 13.8 Å². The second-order valence-electron chi connectivity index (χ2n) is 6.43. The molecule has 2 aromatic carbocycles. The molecule has 1 atom stereocenters. The molecule has 2 rings (SSSR count). The third kappa shape index (κ3) is 4.85. The maximum atomic E-state index is 12.6. The molecule has 0 bridgehead atoms. The summed E-state index contributed by atoms with van der Waals surface area (Å²) >= 11 is 0. The third-order valence-corrected chi connectivity index (χ3v) is 5.60. The fraction of sp³-hybridized carbons (Fsp3) is 0.350. The molecule has 140 valence electrons. The van der Waals surface area contributed by atoms with Gasteiger partial charge in [-0.25, -0.2) is 8.42 Å². The van der Waals surface area contributed by atoms with E-state index in [1.165, 1.54) is 4.31 Å². The van der Waals surface area contributed by atoms with Gasteiger partial charge in [-0.3, -0.25) is 9.10 Å². The maximum Gasteiger partial charge on any atom is 0.241 e. The van der Waals surface area contributed by atoms with Crippen molar-refractivity contribution in [2.24, 2.45) is 0 Å². The van der Waals surface area contributed by atoms with Crippen LogP contribution in [0.5, 0.6) is 0 Å². The first-order valence-electron chi connectivity index (χ1n) is 8.62. The van der Waals surface area contributed by atoms with Crippen LogP contribution >= 0.6 is 0 Å². The van der Waals surface area contributed by atoms with Gasteiger partial charge in [-0.1, -0.05) is 49.4 Å². The second-order valence-corrected chi connectivity index (χ2v) is 8.33. The standard InChI is InChI=1S/C20H26N2O3S/c1-5-18(17-11-7-6-8-12-17)21-20(23)14-22(26(4,24)25)19-13-9-10-15(2)16(19)3/h6-13,18H,5,14H2,1-4H3,(H,21,23)/t18-/m0/s1. The SMILES string of the molecule is CC[C@H](NC(=O)CN(c1cccc(C)c1C)S(C)(=O)=O)c1ccccc1. The van der Waals surface area contributed by atoms with Gasteiger partial charge < -0.3 is 5.32 Å². The van der Waals surface area contributed by atoms with E-state index in [0.717, 1.165) is 29.4 Å². The number of hydrogen-bond donors (Lipinski definition) is 1. The molecule has 0 aliphatic carbocycles. The van der Waals surface area contributed by atoms with Crippen LogP contribution in [0.1, 0.15) is 36.1 Å². The van der Waals surface area contributed by atoms with Gasteiger partial charge in [0.2, 0.25) is 15.9 Å². The summed E-state index contributed by atoms with van der Waals surface area (Å²) in [6, 6.07) is 15.0. The van der Waals surface area contributed by atoms with Crippen LogP contribution in [0.3, 0.4) is 0 Å². The van der Waals surface area contributed by atoms with Gasteiger partial charge in [0, 0.05) is 0 Å². The lowest BCUT2D eigenvalue weighted by atomic mass is 10.0. The maximum absolute atomic E-state index is 12.6. The number of nitrogens with zero attached hydrogens (tertiary/aromatic N) is 1. The largest absolute Gasteiger partial charge is 0.348 e. The zero-order valence-electron chi connectivity index (χ0n) is 15.7. The molecule has 0 saturated heterocycles. The predicted molar refractivity (Wildman–Crippen MR) is 106 cm³/mol. The highest BCUT2D eigenvalue weighted by Gasteiger charge is 2.24. The van der Waals surface area contributed by atoms with Crippen molar-refractivity contribution in [1.82, 2.24) is 5.32 Å². The lowest BCUT2D eigenvalue weighted by Gasteiger charge is -2.26. The Morgan fingerprint density at radius 2 is 1.73 bits per heavy atom. The monoisotopic (exact) mass is 374 g/mol. The van der Waals surface area contributed by atoms with E-state index in [2.05, 4.69) is 5.32 Å². The third-order valence-electron chi connectivity index (χ3n) is 4.48. The van der Waals surface area contributed by atoms with Crippen molar-refractivity contribution in [3.8, 4) is 0 Å². The van der Waals surface area contributed by atoms with Crippen LogP contribution in [0.2, 0.25) is 0 Å². The van der Waals surface area contributed by atoms with Crippen LogP contribution in [-0.2, 0) is 14.8 Å². The molecule has 0 heterocycles. The van der Waals surface area contributed by atoms with Gasteiger partial charge in [0.1, 0.15) is 6.54 Å². The van der Waals surface area contributed by atoms with E-state index in [1.54, 1.807) is 12.1 Å². The van der Waals surface area contributed by atoms with Crippen molar-refractivity contribution in [3.63, 3.8) is 0 Å². The first-order chi connectivity index (χ1) is 12.2.